The number of hydrogen-bond acceptors (Lipinski definition) is 0. The SMILES string of the molecule is ClC12C3=C4C5(Cl)c6c7c8c9c(c61)C1(Cl)C6=C%10C%11(Cl)c%12c1c2c1c2c%12C%12(Cl)C%13=C%14C2(Cl)c2c(c%15c%16c%17c2C%14(Cl)c2c%14c%18c%19c%20c2C%13(Cl)c2c%12c%11c%11c%12c2c%20c2c%13c%19c%19c%20c%21c%22c(c(c-%16c%16c(c5c5c-7c7c%23c(c5c%16%22)c%21c5c%16c%21c%22c(c(c(c(c%22c%12c2c%21c%13c5%20)C%10%11Cl)C69Cl)C87Cl)C%23%16Cl)C4%15Cl)C%17%14Cl)C%18%19Cl)C31Cl. The third-order valence-electron chi connectivity index (χ3n) is 37.5. The lowest BCUT2D eigenvalue weighted by molar-refractivity contribution is 0.551. The largest absolute Gasteiger partial charge is 0.123 e. The van der Waals surface area contributed by atoms with E-state index in [2.05, 4.69) is 0 Å². The maximum Gasteiger partial charge on any atom is 0.123 e. The average Bonchev–Trinajstić information content (AvgIpc) is 1.36. The quantitative estimate of drug-likeness (QED) is 0.0806. The van der Waals surface area contributed by atoms with Crippen LogP contribution in [0.15, 0.2) is 33.4 Å². The van der Waals surface area contributed by atoms with Crippen molar-refractivity contribution in [1.29, 1.82) is 0 Å². The van der Waals surface area contributed by atoms with Crippen molar-refractivity contribution in [3.63, 3.8) is 0 Å². The smallest absolute Gasteiger partial charge is 0.104 e. The zero-order valence-electron chi connectivity index (χ0n) is 50.0. The third kappa shape index (κ3) is 2.35. The van der Waals surface area contributed by atoms with Crippen LogP contribution in [0.1, 0.15) is 200 Å². The molecule has 0 saturated carbocycles. The predicted molar refractivity (Wildman–Crippen MR) is 411 cm³/mol. The van der Waals surface area contributed by atoms with Crippen LogP contribution in [0.4, 0.5) is 0 Å². The van der Waals surface area contributed by atoms with Gasteiger partial charge in [0.2, 0.25) is 0 Å². The van der Waals surface area contributed by atoms with E-state index in [1.165, 1.54) is 64.6 Å². The number of rotatable bonds is 0. The van der Waals surface area contributed by atoms with Gasteiger partial charge in [0.05, 0.1) is 0 Å². The molecule has 104 heavy (non-hydrogen) atoms. The summed E-state index contributed by atoms with van der Waals surface area (Å²) < 4.78 is 0. The van der Waals surface area contributed by atoms with Crippen molar-refractivity contribution in [2.45, 2.75) is 78.0 Å². The van der Waals surface area contributed by atoms with Crippen LogP contribution in [0.2, 0.25) is 0 Å². The van der Waals surface area contributed by atoms with E-state index in [0.717, 1.165) is 331 Å². The maximum atomic E-state index is 10.2. The zero-order valence-corrected chi connectivity index (χ0v) is 62.1. The summed E-state index contributed by atoms with van der Waals surface area (Å²) in [6.07, 6.45) is 0. The molecule has 464 valence electrons. The van der Waals surface area contributed by atoms with Crippen molar-refractivity contribution in [3.05, 3.63) is 234 Å². The van der Waals surface area contributed by atoms with Crippen LogP contribution in [0.3, 0.4) is 0 Å². The molecule has 0 aromatic heterocycles. The van der Waals surface area contributed by atoms with Gasteiger partial charge in [0.15, 0.2) is 0 Å². The molecule has 0 nitrogen and oxygen atoms in total. The van der Waals surface area contributed by atoms with Crippen molar-refractivity contribution in [1.82, 2.24) is 0 Å². The molecule has 29 aliphatic carbocycles. The molecule has 16 unspecified atom stereocenters. The van der Waals surface area contributed by atoms with E-state index >= 15 is 0 Å². The van der Waals surface area contributed by atoms with Crippen LogP contribution in [-0.4, -0.2) is 0 Å². The second-order valence-electron chi connectivity index (χ2n) is 37.5. The normalized spacial score (nSPS) is 43.5. The number of alkyl halides is 16. The lowest BCUT2D eigenvalue weighted by atomic mass is 9.50. The van der Waals surface area contributed by atoms with E-state index in [1.807, 2.05) is 0 Å². The second-order valence-corrected chi connectivity index (χ2v) is 46.6. The maximum absolute atomic E-state index is 10.2. The van der Waals surface area contributed by atoms with Crippen molar-refractivity contribution < 1.29 is 0 Å². The van der Waals surface area contributed by atoms with Gasteiger partial charge in [-0.3, -0.25) is 0 Å². The van der Waals surface area contributed by atoms with Gasteiger partial charge in [0, 0.05) is 0 Å². The zero-order chi connectivity index (χ0) is 65.6. The van der Waals surface area contributed by atoms with E-state index in [-0.39, 0.29) is 0 Å². The summed E-state index contributed by atoms with van der Waals surface area (Å²) in [6.45, 7) is 0. The third-order valence-corrected chi connectivity index (χ3v) is 46.6. The van der Waals surface area contributed by atoms with Crippen LogP contribution in [0.25, 0.3) is 162 Å². The van der Waals surface area contributed by atoms with Gasteiger partial charge >= 0.3 is 0 Å². The van der Waals surface area contributed by atoms with Gasteiger partial charge in [-0.1, -0.05) is 0 Å². The van der Waals surface area contributed by atoms with Gasteiger partial charge in [0.25, 0.3) is 0 Å². The molecule has 0 bridgehead atoms. The van der Waals surface area contributed by atoms with Crippen LogP contribution < -0.4 is 0 Å². The standard InChI is InChI=1S/C88Cl16/c89-73-31-13-6-3-4-1-2-5(3)18-26-22-8(2)20-19-7(1)21-25(17(4)31)39(73)49-51-43(21)79(95)41(19)53-54-42(20)80(96)44(22)52-50-40(26)74(90)32(18)14(6)10-9(13)15-11-12-16(10)34(74)36-28-24(12)38-37-23(11)27-29-45(75(49,91)35(27)33(15)73)55-59-57-47(29)77(37,93)67-70-85(57,101)63-64-66-62(61-65(63)87(59,103)71(81(51,55)97)68(79)83(53,61)99)84(54,100)69(80)72-82(52,98)56-46(76(36,50)92)30(28)48(78(38,67)94)58(86(64,70)102)60(56)88(66,72)104. The average molecular weight is 1620 g/mol. The molecular weight excluding hydrogens is 1620 g/mol. The Kier molecular flexibility index (Phi) is 4.42. The van der Waals surface area contributed by atoms with E-state index in [4.69, 9.17) is 0 Å². The number of benzene rings is 15. The molecular formula is C88Cl16. The van der Waals surface area contributed by atoms with E-state index in [0.29, 0.717) is 0 Å². The van der Waals surface area contributed by atoms with Crippen molar-refractivity contribution in [3.8, 4) is 22.3 Å². The molecule has 0 fully saturated rings. The van der Waals surface area contributed by atoms with E-state index in [9.17, 15) is 186 Å². The fourth-order valence-electron chi connectivity index (χ4n) is 37.6. The molecule has 0 aliphatic heterocycles. The number of halogens is 16. The Hall–Kier alpha value is -4.72. The van der Waals surface area contributed by atoms with Gasteiger partial charge in [-0.25, -0.2) is 0 Å². The van der Waals surface area contributed by atoms with Gasteiger partial charge < -0.3 is 0 Å². The highest BCUT2D eigenvalue weighted by molar-refractivity contribution is 6.70. The molecule has 0 spiro atoms. The van der Waals surface area contributed by atoms with Gasteiger partial charge in [-0.05, 0) is 396 Å². The van der Waals surface area contributed by atoms with Gasteiger partial charge in [-0.15, -0.1) is 186 Å². The van der Waals surface area contributed by atoms with Crippen molar-refractivity contribution >= 4 is 326 Å². The van der Waals surface area contributed by atoms with Crippen LogP contribution in [-0.2, 0) is 78.0 Å². The molecule has 0 amide bonds. The Morgan fingerprint density at radius 1 is 0.0865 bits per heavy atom. The molecule has 0 radical (unpaired) electrons. The summed E-state index contributed by atoms with van der Waals surface area (Å²) in [5.41, 5.74) is 40.1. The Bertz CT molecular complexity index is 9060. The first-order chi connectivity index (χ1) is 49.9. The molecule has 17 aromatic carbocycles. The Balaban J connectivity index is 0.989. The summed E-state index contributed by atoms with van der Waals surface area (Å²) in [6, 6.07) is 0. The topological polar surface area (TPSA) is 0 Å². The summed E-state index contributed by atoms with van der Waals surface area (Å²) in [5, 5.41) is 29.6. The van der Waals surface area contributed by atoms with Gasteiger partial charge in [-0.2, -0.15) is 0 Å². The highest BCUT2D eigenvalue weighted by Crippen LogP contribution is 3.02. The molecule has 17 aromatic rings. The number of hydrogen-bond donors (Lipinski definition) is 0. The lowest BCUT2D eigenvalue weighted by Gasteiger charge is -2.60. The van der Waals surface area contributed by atoms with Crippen LogP contribution >= 0.6 is 186 Å². The van der Waals surface area contributed by atoms with Crippen LogP contribution in [0, 0.1) is 0 Å². The predicted octanol–water partition coefficient (Wildman–Crippen LogP) is 24.1. The minimum absolute atomic E-state index is 0.718. The van der Waals surface area contributed by atoms with Crippen molar-refractivity contribution in [2.75, 3.05) is 0 Å². The molecule has 0 N–H and O–H groups in total. The molecule has 46 rings (SSSR count). The lowest BCUT2D eigenvalue weighted by Crippen LogP contribution is -2.55. The van der Waals surface area contributed by atoms with Gasteiger partial charge in [0.1, 0.15) is 78.0 Å². The van der Waals surface area contributed by atoms with Crippen molar-refractivity contribution in [2.24, 2.45) is 0 Å². The summed E-state index contributed by atoms with van der Waals surface area (Å²) in [4.78, 5) is -25.8. The Morgan fingerprint density at radius 2 is 0.202 bits per heavy atom. The molecule has 0 heterocycles. The second kappa shape index (κ2) is 9.85. The Labute approximate surface area is 652 Å². The molecule has 0 saturated heterocycles. The fourth-order valence-corrected chi connectivity index (χ4v) is 47.6. The number of allylic oxidation sites excluding steroid dienone is 6. The first-order valence-corrected chi connectivity index (χ1v) is 42.1. The summed E-state index contributed by atoms with van der Waals surface area (Å²) in [7, 11) is 0. The van der Waals surface area contributed by atoms with E-state index < -0.39 is 78.0 Å². The fraction of sp³-hybridized carbons (Fsp3) is 0.182. The first kappa shape index (κ1) is 46.7. The molecule has 16 heteroatoms. The van der Waals surface area contributed by atoms with E-state index in [1.54, 1.807) is 0 Å². The minimum atomic E-state index is -1.73. The molecule has 16 atom stereocenters. The van der Waals surface area contributed by atoms with Crippen LogP contribution in [0.5, 0.6) is 0 Å². The Morgan fingerprint density at radius 3 is 0.490 bits per heavy atom. The highest BCUT2D eigenvalue weighted by atomic mass is 35.5. The highest BCUT2D eigenvalue weighted by Gasteiger charge is 2.93. The monoisotopic (exact) mass is 1620 g/mol. The molecule has 29 aliphatic rings. The minimum Gasteiger partial charge on any atom is -0.104 e. The summed E-state index contributed by atoms with van der Waals surface area (Å²) >= 11 is 162. The first-order valence-electron chi connectivity index (χ1n) is 36.0. The summed E-state index contributed by atoms with van der Waals surface area (Å²) in [5.74, 6) is 0.